The average molecular weight is 265 g/mol. The van der Waals surface area contributed by atoms with Crippen LogP contribution in [0.25, 0.3) is 16.5 Å². The number of aromatic nitrogens is 3. The van der Waals surface area contributed by atoms with Gasteiger partial charge in [-0.1, -0.05) is 36.4 Å². The Balaban J connectivity index is 2.32. The molecular weight excluding hydrogens is 255 g/mol. The first-order valence-electron chi connectivity index (χ1n) is 4.89. The Hall–Kier alpha value is -1.00. The summed E-state index contributed by atoms with van der Waals surface area (Å²) in [6.45, 7) is 0. The summed E-state index contributed by atoms with van der Waals surface area (Å²) in [6.07, 6.45) is 0. The first-order valence-corrected chi connectivity index (χ1v) is 7.59. The van der Waals surface area contributed by atoms with Gasteiger partial charge >= 0.3 is 0 Å². The minimum Gasteiger partial charge on any atom is -0.312 e. The predicted molar refractivity (Wildman–Crippen MR) is 74.6 cm³/mol. The van der Waals surface area contributed by atoms with Crippen LogP contribution in [0, 0.1) is 0 Å². The number of rotatable bonds is 1. The fourth-order valence-electron chi connectivity index (χ4n) is 1.69. The van der Waals surface area contributed by atoms with Crippen LogP contribution in [0.15, 0.2) is 42.5 Å². The van der Waals surface area contributed by atoms with Gasteiger partial charge in [0.05, 0.1) is 5.69 Å². The molecule has 2 aromatic carbocycles. The third kappa shape index (κ3) is 1.83. The molecule has 0 amide bonds. The van der Waals surface area contributed by atoms with Gasteiger partial charge in [-0.2, -0.15) is 4.51 Å². The zero-order valence-corrected chi connectivity index (χ0v) is 11.3. The molecular formula is C10H10N3P3. The summed E-state index contributed by atoms with van der Waals surface area (Å²) in [7, 11) is 2.22. The third-order valence-electron chi connectivity index (χ3n) is 2.40. The van der Waals surface area contributed by atoms with Gasteiger partial charge in [-0.3, -0.25) is 4.09 Å². The number of nitrogens with one attached hydrogen (secondary N) is 1. The number of aromatic amines is 1. The molecule has 80 valence electrons. The Kier molecular flexibility index (Phi) is 2.84. The highest BCUT2D eigenvalue weighted by atomic mass is 31.1. The van der Waals surface area contributed by atoms with E-state index in [2.05, 4.69) is 55.6 Å². The van der Waals surface area contributed by atoms with Crippen molar-refractivity contribution in [3.63, 3.8) is 0 Å². The number of H-pyrrole nitrogens is 1. The van der Waals surface area contributed by atoms with Crippen LogP contribution >= 0.6 is 25.5 Å². The molecule has 3 aromatic rings. The number of fused-ring (bicyclic) bond motifs is 1. The average Bonchev–Trinajstić information content (AvgIpc) is 2.39. The smallest absolute Gasteiger partial charge is 0.146 e. The second-order valence-corrected chi connectivity index (χ2v) is 7.00. The van der Waals surface area contributed by atoms with E-state index in [0.717, 1.165) is 8.51 Å². The minimum absolute atomic E-state index is 0.543. The molecule has 0 fully saturated rings. The van der Waals surface area contributed by atoms with E-state index in [1.54, 1.807) is 0 Å². The van der Waals surface area contributed by atoms with Gasteiger partial charge in [0.25, 0.3) is 0 Å². The van der Waals surface area contributed by atoms with Gasteiger partial charge in [0.2, 0.25) is 0 Å². The predicted octanol–water partition coefficient (Wildman–Crippen LogP) is 4.12. The molecule has 0 aliphatic heterocycles. The Morgan fingerprint density at radius 3 is 2.88 bits per heavy atom. The number of nitrogens with zero attached hydrogens (tertiary/aromatic N) is 2. The fourth-order valence-corrected chi connectivity index (χ4v) is 5.12. The maximum Gasteiger partial charge on any atom is 0.146 e. The molecule has 16 heavy (non-hydrogen) atoms. The Morgan fingerprint density at radius 1 is 1.12 bits per heavy atom. The summed E-state index contributed by atoms with van der Waals surface area (Å²) in [5.74, 6) is 0. The van der Waals surface area contributed by atoms with Crippen LogP contribution in [-0.2, 0) is 0 Å². The molecule has 0 radical (unpaired) electrons. The summed E-state index contributed by atoms with van der Waals surface area (Å²) >= 11 is 0. The first-order chi connectivity index (χ1) is 7.95. The normalized spacial score (nSPS) is 12.0. The topological polar surface area (TPSA) is 33.6 Å². The molecule has 6 heteroatoms. The highest BCUT2D eigenvalue weighted by Gasteiger charge is 2.00. The third-order valence-corrected chi connectivity index (χ3v) is 5.46. The number of benzene rings is 2. The van der Waals surface area contributed by atoms with Crippen LogP contribution in [0.2, 0.25) is 0 Å². The SMILES string of the molecule is c1ccc2c(-n3pn[pH][nH][pH]3)cccc2c1. The van der Waals surface area contributed by atoms with Gasteiger partial charge in [-0.05, 0) is 11.5 Å². The maximum atomic E-state index is 4.36. The van der Waals surface area contributed by atoms with E-state index in [-0.39, 0.29) is 0 Å². The van der Waals surface area contributed by atoms with Gasteiger partial charge in [0.1, 0.15) is 8.51 Å². The van der Waals surface area contributed by atoms with Crippen LogP contribution in [0.1, 0.15) is 0 Å². The second-order valence-electron chi connectivity index (χ2n) is 3.35. The minimum atomic E-state index is 0.543. The summed E-state index contributed by atoms with van der Waals surface area (Å²) in [6, 6.07) is 14.9. The molecule has 0 saturated carbocycles. The van der Waals surface area contributed by atoms with Crippen LogP contribution in [-0.4, -0.2) is 13.1 Å². The molecule has 0 aliphatic carbocycles. The highest BCUT2D eigenvalue weighted by molar-refractivity contribution is 7.44. The van der Waals surface area contributed by atoms with Crippen LogP contribution < -0.4 is 0 Å². The first kappa shape index (κ1) is 10.2. The standard InChI is InChI=1S/C10H10N3P3/c1-2-6-9-8(4-1)5-3-7-10(9)13-15-11-14-12-16-13/h1-7,11,14-15H. The van der Waals surface area contributed by atoms with Crippen LogP contribution in [0.3, 0.4) is 0 Å². The molecule has 0 aliphatic rings. The van der Waals surface area contributed by atoms with Crippen LogP contribution in [0.4, 0.5) is 0 Å². The molecule has 3 nitrogen and oxygen atoms in total. The summed E-state index contributed by atoms with van der Waals surface area (Å²) in [5, 5.41) is 2.58. The van der Waals surface area contributed by atoms with Gasteiger partial charge in [0, 0.05) is 22.4 Å². The van der Waals surface area contributed by atoms with E-state index >= 15 is 0 Å². The Labute approximate surface area is 97.9 Å². The van der Waals surface area contributed by atoms with E-state index in [1.807, 2.05) is 0 Å². The van der Waals surface area contributed by atoms with Crippen molar-refractivity contribution in [2.24, 2.45) is 0 Å². The van der Waals surface area contributed by atoms with Crippen molar-refractivity contribution in [3.05, 3.63) is 42.5 Å². The molecule has 3 rings (SSSR count). The lowest BCUT2D eigenvalue weighted by Gasteiger charge is -2.07. The van der Waals surface area contributed by atoms with Crippen molar-refractivity contribution in [1.29, 1.82) is 0 Å². The lowest BCUT2D eigenvalue weighted by Crippen LogP contribution is -1.87. The van der Waals surface area contributed by atoms with Gasteiger partial charge in [-0.15, -0.1) is 0 Å². The monoisotopic (exact) mass is 265 g/mol. The molecule has 1 heterocycles. The van der Waals surface area contributed by atoms with Crippen molar-refractivity contribution in [2.75, 3.05) is 0 Å². The van der Waals surface area contributed by atoms with Gasteiger partial charge in [0.15, 0.2) is 0 Å². The van der Waals surface area contributed by atoms with Crippen molar-refractivity contribution < 1.29 is 0 Å². The fraction of sp³-hybridized carbons (Fsp3) is 0. The van der Waals surface area contributed by atoms with E-state index in [0.29, 0.717) is 17.0 Å². The summed E-state index contributed by atoms with van der Waals surface area (Å²) < 4.78 is 9.93. The van der Waals surface area contributed by atoms with Gasteiger partial charge in [-0.25, -0.2) is 0 Å². The zero-order valence-electron chi connectivity index (χ0n) is 8.38. The van der Waals surface area contributed by atoms with E-state index in [9.17, 15) is 0 Å². The Morgan fingerprint density at radius 2 is 2.00 bits per heavy atom. The molecule has 2 atom stereocenters. The molecule has 1 N–H and O–H groups in total. The highest BCUT2D eigenvalue weighted by Crippen LogP contribution is 2.27. The van der Waals surface area contributed by atoms with Crippen LogP contribution in [0.5, 0.6) is 0 Å². The lowest BCUT2D eigenvalue weighted by molar-refractivity contribution is 1.35. The molecule has 2 unspecified atom stereocenters. The van der Waals surface area contributed by atoms with Crippen molar-refractivity contribution in [2.45, 2.75) is 0 Å². The largest absolute Gasteiger partial charge is 0.312 e. The van der Waals surface area contributed by atoms with Crippen molar-refractivity contribution >= 4 is 36.3 Å². The number of hydrogen-bond acceptors (Lipinski definition) is 1. The molecule has 0 bridgehead atoms. The molecule has 0 saturated heterocycles. The van der Waals surface area contributed by atoms with Crippen molar-refractivity contribution in [1.82, 2.24) is 13.1 Å². The second kappa shape index (κ2) is 4.47. The molecule has 0 spiro atoms. The van der Waals surface area contributed by atoms with E-state index in [4.69, 9.17) is 0 Å². The Bertz CT molecular complexity index is 625. The lowest BCUT2D eigenvalue weighted by atomic mass is 10.1. The zero-order chi connectivity index (χ0) is 10.8. The quantitative estimate of drug-likeness (QED) is 0.705. The summed E-state index contributed by atoms with van der Waals surface area (Å²) in [5.41, 5.74) is 1.26. The van der Waals surface area contributed by atoms with Gasteiger partial charge < -0.3 is 4.51 Å². The maximum absolute atomic E-state index is 4.36. The van der Waals surface area contributed by atoms with E-state index < -0.39 is 0 Å². The summed E-state index contributed by atoms with van der Waals surface area (Å²) in [4.78, 5) is 0. The number of hydrogen-bond donors (Lipinski definition) is 1. The molecule has 1 aromatic heterocycles. The van der Waals surface area contributed by atoms with E-state index in [1.165, 1.54) is 16.5 Å². The van der Waals surface area contributed by atoms with Crippen molar-refractivity contribution in [3.8, 4) is 5.69 Å².